The second-order valence-corrected chi connectivity index (χ2v) is 4.25. The molecule has 0 spiro atoms. The molecule has 1 aromatic rings. The zero-order chi connectivity index (χ0) is 14.3. The number of rotatable bonds is 7. The number of carbonyl (C=O) groups is 1. The average Bonchev–Trinajstić information content (AvgIpc) is 2.33. The second-order valence-electron chi connectivity index (χ2n) is 4.25. The highest BCUT2D eigenvalue weighted by atomic mass is 16.5. The van der Waals surface area contributed by atoms with Gasteiger partial charge in [0.25, 0.3) is 0 Å². The molecule has 0 fully saturated rings. The monoisotopic (exact) mass is 265 g/mol. The fourth-order valence-electron chi connectivity index (χ4n) is 1.36. The zero-order valence-electron chi connectivity index (χ0n) is 11.4. The van der Waals surface area contributed by atoms with Crippen LogP contribution < -0.4 is 10.2 Å². The van der Waals surface area contributed by atoms with Gasteiger partial charge in [0.2, 0.25) is 5.88 Å². The maximum Gasteiger partial charge on any atom is 0.352 e. The van der Waals surface area contributed by atoms with E-state index in [1.54, 1.807) is 18.2 Å². The van der Waals surface area contributed by atoms with E-state index in [1.807, 2.05) is 20.8 Å². The minimum atomic E-state index is -1.02. The molecule has 0 aliphatic heterocycles. The number of anilines is 1. The molecule has 0 radical (unpaired) electrons. The largest absolute Gasteiger partial charge is 0.477 e. The quantitative estimate of drug-likeness (QED) is 0.584. The van der Waals surface area contributed by atoms with E-state index in [0.717, 1.165) is 6.42 Å². The van der Waals surface area contributed by atoms with Gasteiger partial charge in [0.1, 0.15) is 11.5 Å². The zero-order valence-corrected chi connectivity index (χ0v) is 11.4. The molecule has 0 aliphatic carbocycles. The lowest BCUT2D eigenvalue weighted by molar-refractivity contribution is -0.129. The Kier molecular flexibility index (Phi) is 5.78. The number of nitrogens with one attached hydrogen (secondary N) is 1. The fourth-order valence-corrected chi connectivity index (χ4v) is 1.36. The molecule has 1 rings (SSSR count). The Balaban J connectivity index is 2.75. The Morgan fingerprint density at radius 1 is 1.53 bits per heavy atom. The molecule has 0 atom stereocenters. The predicted molar refractivity (Wildman–Crippen MR) is 73.6 cm³/mol. The summed E-state index contributed by atoms with van der Waals surface area (Å²) in [6.07, 6.45) is 1.15. The normalized spacial score (nSPS) is 11.5. The molecule has 6 heteroatoms. The summed E-state index contributed by atoms with van der Waals surface area (Å²) in [4.78, 5) is 15.1. The van der Waals surface area contributed by atoms with Crippen molar-refractivity contribution in [2.75, 3.05) is 5.43 Å². The van der Waals surface area contributed by atoms with E-state index in [-0.39, 0.29) is 11.8 Å². The van der Waals surface area contributed by atoms with E-state index in [4.69, 9.17) is 9.84 Å². The molecular formula is C13H19N3O3. The Bertz CT molecular complexity index is 458. The third-order valence-electron chi connectivity index (χ3n) is 2.12. The van der Waals surface area contributed by atoms with Crippen LogP contribution in [0, 0.1) is 0 Å². The van der Waals surface area contributed by atoms with Gasteiger partial charge in [0, 0.05) is 6.07 Å². The van der Waals surface area contributed by atoms with Crippen LogP contribution in [0.4, 0.5) is 5.82 Å². The van der Waals surface area contributed by atoms with E-state index < -0.39 is 5.97 Å². The first kappa shape index (κ1) is 14.9. The first-order valence-electron chi connectivity index (χ1n) is 6.22. The SMILES string of the molecule is CCCC(=NNc1cccc(OC(C)C)n1)C(=O)O. The Hall–Kier alpha value is -2.11. The molecule has 1 aromatic heterocycles. The summed E-state index contributed by atoms with van der Waals surface area (Å²) in [5, 5.41) is 12.8. The molecule has 1 heterocycles. The van der Waals surface area contributed by atoms with E-state index in [0.29, 0.717) is 18.1 Å². The topological polar surface area (TPSA) is 83.8 Å². The molecule has 0 saturated carbocycles. The number of hydrazone groups is 1. The van der Waals surface area contributed by atoms with Gasteiger partial charge in [-0.2, -0.15) is 10.1 Å². The maximum absolute atomic E-state index is 10.9. The van der Waals surface area contributed by atoms with Crippen molar-refractivity contribution >= 4 is 17.5 Å². The highest BCUT2D eigenvalue weighted by Crippen LogP contribution is 2.13. The number of nitrogens with zero attached hydrogens (tertiary/aromatic N) is 2. The van der Waals surface area contributed by atoms with Crippen LogP contribution in [0.25, 0.3) is 0 Å². The number of hydrogen-bond acceptors (Lipinski definition) is 5. The Labute approximate surface area is 112 Å². The van der Waals surface area contributed by atoms with E-state index in [2.05, 4.69) is 15.5 Å². The summed E-state index contributed by atoms with van der Waals surface area (Å²) in [5.41, 5.74) is 2.72. The molecule has 0 amide bonds. The lowest BCUT2D eigenvalue weighted by Crippen LogP contribution is -2.14. The van der Waals surface area contributed by atoms with Crippen molar-refractivity contribution < 1.29 is 14.6 Å². The summed E-state index contributed by atoms with van der Waals surface area (Å²) < 4.78 is 5.44. The van der Waals surface area contributed by atoms with Crippen LogP contribution in [0.3, 0.4) is 0 Å². The lowest BCUT2D eigenvalue weighted by atomic mass is 10.2. The van der Waals surface area contributed by atoms with Crippen molar-refractivity contribution in [3.05, 3.63) is 18.2 Å². The van der Waals surface area contributed by atoms with Gasteiger partial charge in [-0.3, -0.25) is 5.43 Å². The highest BCUT2D eigenvalue weighted by Gasteiger charge is 2.08. The van der Waals surface area contributed by atoms with Crippen molar-refractivity contribution in [2.24, 2.45) is 5.10 Å². The minimum Gasteiger partial charge on any atom is -0.477 e. The molecule has 19 heavy (non-hydrogen) atoms. The van der Waals surface area contributed by atoms with Crippen LogP contribution in [0.15, 0.2) is 23.3 Å². The number of aromatic nitrogens is 1. The number of pyridine rings is 1. The standard InChI is InChI=1S/C13H19N3O3/c1-4-6-10(13(17)18)15-16-11-7-5-8-12(14-11)19-9(2)3/h5,7-9H,4,6H2,1-3H3,(H,14,16)(H,17,18). The molecule has 0 aliphatic rings. The Morgan fingerprint density at radius 3 is 2.84 bits per heavy atom. The molecule has 0 bridgehead atoms. The minimum absolute atomic E-state index is 0.0286. The van der Waals surface area contributed by atoms with Crippen LogP contribution in [0.2, 0.25) is 0 Å². The van der Waals surface area contributed by atoms with Crippen molar-refractivity contribution in [3.8, 4) is 5.88 Å². The van der Waals surface area contributed by atoms with Gasteiger partial charge in [0.05, 0.1) is 6.10 Å². The third kappa shape index (κ3) is 5.37. The molecule has 104 valence electrons. The van der Waals surface area contributed by atoms with Crippen LogP contribution in [-0.2, 0) is 4.79 Å². The maximum atomic E-state index is 10.9. The van der Waals surface area contributed by atoms with Crippen molar-refractivity contribution in [3.63, 3.8) is 0 Å². The number of hydrogen-bond donors (Lipinski definition) is 2. The number of aliphatic carboxylic acids is 1. The van der Waals surface area contributed by atoms with E-state index in [1.165, 1.54) is 0 Å². The Morgan fingerprint density at radius 2 is 2.26 bits per heavy atom. The molecule has 0 unspecified atom stereocenters. The summed E-state index contributed by atoms with van der Waals surface area (Å²) in [6, 6.07) is 5.20. The molecule has 2 N–H and O–H groups in total. The summed E-state index contributed by atoms with van der Waals surface area (Å²) in [7, 11) is 0. The van der Waals surface area contributed by atoms with E-state index >= 15 is 0 Å². The average molecular weight is 265 g/mol. The second kappa shape index (κ2) is 7.35. The van der Waals surface area contributed by atoms with Gasteiger partial charge in [0.15, 0.2) is 0 Å². The first-order chi connectivity index (χ1) is 9.02. The van der Waals surface area contributed by atoms with Crippen molar-refractivity contribution in [2.45, 2.75) is 39.7 Å². The van der Waals surface area contributed by atoms with Gasteiger partial charge in [-0.15, -0.1) is 0 Å². The van der Waals surface area contributed by atoms with E-state index in [9.17, 15) is 4.79 Å². The highest BCUT2D eigenvalue weighted by molar-refractivity contribution is 6.35. The molecule has 0 aromatic carbocycles. The lowest BCUT2D eigenvalue weighted by Gasteiger charge is -2.09. The summed E-state index contributed by atoms with van der Waals surface area (Å²) in [5.74, 6) is -0.0977. The predicted octanol–water partition coefficient (Wildman–Crippen LogP) is 2.52. The number of ether oxygens (including phenoxy) is 1. The van der Waals surface area contributed by atoms with Crippen LogP contribution in [0.1, 0.15) is 33.6 Å². The van der Waals surface area contributed by atoms with Crippen LogP contribution in [0.5, 0.6) is 5.88 Å². The van der Waals surface area contributed by atoms with Crippen LogP contribution >= 0.6 is 0 Å². The van der Waals surface area contributed by atoms with Gasteiger partial charge in [-0.1, -0.05) is 19.4 Å². The van der Waals surface area contributed by atoms with Gasteiger partial charge in [-0.25, -0.2) is 4.79 Å². The van der Waals surface area contributed by atoms with Gasteiger partial charge < -0.3 is 9.84 Å². The number of carboxylic acids is 1. The molecule has 6 nitrogen and oxygen atoms in total. The number of carboxylic acid groups (broad SMARTS) is 1. The van der Waals surface area contributed by atoms with Gasteiger partial charge in [-0.05, 0) is 26.3 Å². The van der Waals surface area contributed by atoms with Gasteiger partial charge >= 0.3 is 5.97 Å². The van der Waals surface area contributed by atoms with Crippen molar-refractivity contribution in [1.29, 1.82) is 0 Å². The molecular weight excluding hydrogens is 246 g/mol. The smallest absolute Gasteiger partial charge is 0.352 e. The first-order valence-corrected chi connectivity index (χ1v) is 6.22. The third-order valence-corrected chi connectivity index (χ3v) is 2.12. The van der Waals surface area contributed by atoms with Crippen LogP contribution in [-0.4, -0.2) is 27.9 Å². The summed E-state index contributed by atoms with van der Waals surface area (Å²) >= 11 is 0. The van der Waals surface area contributed by atoms with Crippen molar-refractivity contribution in [1.82, 2.24) is 4.98 Å². The fraction of sp³-hybridized carbons (Fsp3) is 0.462. The summed E-state index contributed by atoms with van der Waals surface area (Å²) in [6.45, 7) is 5.71. The molecule has 0 saturated heterocycles.